The van der Waals surface area contributed by atoms with E-state index in [4.69, 9.17) is 0 Å². The van der Waals surface area contributed by atoms with Gasteiger partial charge >= 0.3 is 0 Å². The van der Waals surface area contributed by atoms with E-state index >= 15 is 0 Å². The lowest BCUT2D eigenvalue weighted by Crippen LogP contribution is -2.47. The maximum absolute atomic E-state index is 11.9. The van der Waals surface area contributed by atoms with Crippen molar-refractivity contribution in [2.75, 3.05) is 5.33 Å². The fraction of sp³-hybridized carbons (Fsp3) is 0.500. The minimum absolute atomic E-state index is 0.440. The van der Waals surface area contributed by atoms with Gasteiger partial charge in [-0.3, -0.25) is 0 Å². The monoisotopic (exact) mass is 319 g/mol. The highest BCUT2D eigenvalue weighted by Crippen LogP contribution is 2.24. The molecule has 0 bridgehead atoms. The van der Waals surface area contributed by atoms with E-state index < -0.39 is 20.8 Å². The Kier molecular flexibility index (Phi) is 4.75. The number of benzene rings is 1. The lowest BCUT2D eigenvalue weighted by Gasteiger charge is -2.30. The minimum Gasteiger partial charge on any atom is -0.212 e. The number of hydrogen-bond acceptors (Lipinski definition) is 2. The van der Waals surface area contributed by atoms with Crippen LogP contribution in [-0.4, -0.2) is 19.0 Å². The molecular formula is C12H18BrNO2S. The number of nitrogens with one attached hydrogen (secondary N) is 1. The third-order valence-corrected chi connectivity index (χ3v) is 5.76. The second-order valence-electron chi connectivity index (χ2n) is 4.53. The predicted molar refractivity (Wildman–Crippen MR) is 74.8 cm³/mol. The van der Waals surface area contributed by atoms with Crippen molar-refractivity contribution < 1.29 is 8.42 Å². The van der Waals surface area contributed by atoms with Crippen LogP contribution in [0, 0.1) is 0 Å². The van der Waals surface area contributed by atoms with Gasteiger partial charge in [-0.25, -0.2) is 13.1 Å². The van der Waals surface area contributed by atoms with Crippen molar-refractivity contribution in [1.82, 2.24) is 4.72 Å². The minimum atomic E-state index is -3.30. The van der Waals surface area contributed by atoms with E-state index in [1.165, 1.54) is 0 Å². The molecule has 0 amide bonds. The largest absolute Gasteiger partial charge is 0.214 e. The molecule has 1 unspecified atom stereocenters. The Morgan fingerprint density at radius 1 is 1.29 bits per heavy atom. The average molecular weight is 320 g/mol. The Balaban J connectivity index is 3.07. The summed E-state index contributed by atoms with van der Waals surface area (Å²) in [6.45, 7) is 5.21. The fourth-order valence-electron chi connectivity index (χ4n) is 1.40. The summed E-state index contributed by atoms with van der Waals surface area (Å²) in [6, 6.07) is 9.56. The van der Waals surface area contributed by atoms with Gasteiger partial charge in [0.05, 0.1) is 10.8 Å². The predicted octanol–water partition coefficient (Wildman–Crippen LogP) is 2.62. The Hall–Kier alpha value is -0.390. The van der Waals surface area contributed by atoms with Crippen LogP contribution < -0.4 is 4.72 Å². The standard InChI is InChI=1S/C12H18BrNO2S/c1-10(2)17(15,16)14-12(3,9-13)11-7-5-4-6-8-11/h4-8,10,14H,9H2,1-3H3. The van der Waals surface area contributed by atoms with E-state index in [1.807, 2.05) is 37.3 Å². The molecule has 0 aliphatic carbocycles. The Morgan fingerprint density at radius 3 is 2.24 bits per heavy atom. The molecule has 96 valence electrons. The van der Waals surface area contributed by atoms with Crippen molar-refractivity contribution in [2.24, 2.45) is 0 Å². The molecule has 0 aliphatic heterocycles. The molecule has 0 saturated carbocycles. The zero-order valence-electron chi connectivity index (χ0n) is 10.3. The van der Waals surface area contributed by atoms with Crippen molar-refractivity contribution in [3.63, 3.8) is 0 Å². The number of halogens is 1. The highest BCUT2D eigenvalue weighted by Gasteiger charge is 2.31. The zero-order chi connectivity index (χ0) is 13.1. The summed E-state index contributed by atoms with van der Waals surface area (Å²) in [5.41, 5.74) is 0.325. The molecule has 0 aliphatic rings. The maximum Gasteiger partial charge on any atom is 0.214 e. The third-order valence-electron chi connectivity index (χ3n) is 2.67. The van der Waals surface area contributed by atoms with Crippen LogP contribution in [0.4, 0.5) is 0 Å². The van der Waals surface area contributed by atoms with Crippen LogP contribution in [0.15, 0.2) is 30.3 Å². The van der Waals surface area contributed by atoms with E-state index in [1.54, 1.807) is 13.8 Å². The first-order chi connectivity index (χ1) is 7.82. The molecule has 0 fully saturated rings. The Bertz CT molecular complexity index is 459. The summed E-state index contributed by atoms with van der Waals surface area (Å²) in [7, 11) is -3.30. The van der Waals surface area contributed by atoms with Crippen molar-refractivity contribution in [1.29, 1.82) is 0 Å². The smallest absolute Gasteiger partial charge is 0.212 e. The molecule has 1 atom stereocenters. The number of alkyl halides is 1. The van der Waals surface area contributed by atoms with E-state index in [9.17, 15) is 8.42 Å². The second-order valence-corrected chi connectivity index (χ2v) is 7.33. The van der Waals surface area contributed by atoms with Gasteiger partial charge in [-0.15, -0.1) is 0 Å². The molecular weight excluding hydrogens is 302 g/mol. The first-order valence-corrected chi connectivity index (χ1v) is 8.13. The van der Waals surface area contributed by atoms with Crippen LogP contribution >= 0.6 is 15.9 Å². The Labute approximate surface area is 112 Å². The van der Waals surface area contributed by atoms with Crippen LogP contribution in [0.5, 0.6) is 0 Å². The van der Waals surface area contributed by atoms with Gasteiger partial charge < -0.3 is 0 Å². The number of sulfonamides is 1. The summed E-state index contributed by atoms with van der Waals surface area (Å²) in [4.78, 5) is 0. The van der Waals surface area contributed by atoms with Crippen LogP contribution in [0.1, 0.15) is 26.3 Å². The van der Waals surface area contributed by atoms with Gasteiger partial charge in [0.25, 0.3) is 0 Å². The number of hydrogen-bond donors (Lipinski definition) is 1. The SMILES string of the molecule is CC(C)S(=O)(=O)NC(C)(CBr)c1ccccc1. The molecule has 1 aromatic rings. The molecule has 1 rings (SSSR count). The lowest BCUT2D eigenvalue weighted by atomic mass is 9.96. The molecule has 5 heteroatoms. The molecule has 3 nitrogen and oxygen atoms in total. The fourth-order valence-corrected chi connectivity index (χ4v) is 3.10. The van der Waals surface area contributed by atoms with Crippen molar-refractivity contribution in [2.45, 2.75) is 31.6 Å². The van der Waals surface area contributed by atoms with Crippen molar-refractivity contribution in [3.8, 4) is 0 Å². The molecule has 17 heavy (non-hydrogen) atoms. The van der Waals surface area contributed by atoms with Crippen LogP contribution in [0.25, 0.3) is 0 Å². The van der Waals surface area contributed by atoms with Crippen molar-refractivity contribution in [3.05, 3.63) is 35.9 Å². The van der Waals surface area contributed by atoms with Gasteiger partial charge in [0.2, 0.25) is 10.0 Å². The average Bonchev–Trinajstić information content (AvgIpc) is 2.29. The quantitative estimate of drug-likeness (QED) is 0.848. The Morgan fingerprint density at radius 2 is 1.82 bits per heavy atom. The van der Waals surface area contributed by atoms with Gasteiger partial charge in [-0.2, -0.15) is 0 Å². The van der Waals surface area contributed by atoms with Gasteiger partial charge in [0.1, 0.15) is 0 Å². The molecule has 1 N–H and O–H groups in total. The van der Waals surface area contributed by atoms with E-state index in [0.717, 1.165) is 5.56 Å². The van der Waals surface area contributed by atoms with Crippen LogP contribution in [0.3, 0.4) is 0 Å². The normalized spacial score (nSPS) is 15.8. The van der Waals surface area contributed by atoms with Crippen LogP contribution in [-0.2, 0) is 15.6 Å². The van der Waals surface area contributed by atoms with Crippen molar-refractivity contribution >= 4 is 26.0 Å². The highest BCUT2D eigenvalue weighted by molar-refractivity contribution is 9.09. The van der Waals surface area contributed by atoms with E-state index in [-0.39, 0.29) is 0 Å². The summed E-state index contributed by atoms with van der Waals surface area (Å²) < 4.78 is 26.7. The number of rotatable bonds is 5. The highest BCUT2D eigenvalue weighted by atomic mass is 79.9. The molecule has 1 aromatic carbocycles. The third kappa shape index (κ3) is 3.53. The summed E-state index contributed by atoms with van der Waals surface area (Å²) in [5.74, 6) is 0. The van der Waals surface area contributed by atoms with E-state index in [2.05, 4.69) is 20.7 Å². The molecule has 0 spiro atoms. The topological polar surface area (TPSA) is 46.2 Å². The zero-order valence-corrected chi connectivity index (χ0v) is 12.7. The first-order valence-electron chi connectivity index (χ1n) is 5.46. The summed E-state index contributed by atoms with van der Waals surface area (Å²) in [6.07, 6.45) is 0. The molecule has 0 radical (unpaired) electrons. The molecule has 0 heterocycles. The van der Waals surface area contributed by atoms with Gasteiger partial charge in [0, 0.05) is 5.33 Å². The summed E-state index contributed by atoms with van der Waals surface area (Å²) >= 11 is 3.38. The van der Waals surface area contributed by atoms with Gasteiger partial charge in [-0.1, -0.05) is 46.3 Å². The van der Waals surface area contributed by atoms with Gasteiger partial charge in [0.15, 0.2) is 0 Å². The molecule has 0 aromatic heterocycles. The lowest BCUT2D eigenvalue weighted by molar-refractivity contribution is 0.478. The first kappa shape index (κ1) is 14.7. The maximum atomic E-state index is 11.9. The van der Waals surface area contributed by atoms with Crippen LogP contribution in [0.2, 0.25) is 0 Å². The van der Waals surface area contributed by atoms with E-state index in [0.29, 0.717) is 5.33 Å². The molecule has 0 saturated heterocycles. The second kappa shape index (κ2) is 5.50. The summed E-state index contributed by atoms with van der Waals surface area (Å²) in [5, 5.41) is 0.0836. The van der Waals surface area contributed by atoms with Gasteiger partial charge in [-0.05, 0) is 26.3 Å².